The smallest absolute Gasteiger partial charge is 0.411 e. The van der Waals surface area contributed by atoms with E-state index in [4.69, 9.17) is 34.9 Å². The van der Waals surface area contributed by atoms with Crippen LogP contribution in [-0.4, -0.2) is 147 Å². The number of likely N-dealkylation sites (tertiary alicyclic amines) is 2. The number of rotatable bonds is 5. The number of carbonyl (C=O) groups is 7. The summed E-state index contributed by atoms with van der Waals surface area (Å²) >= 11 is 0. The number of nitrogen functional groups attached to an aromatic ring is 1. The quantitative estimate of drug-likeness (QED) is 0.103. The van der Waals surface area contributed by atoms with Crippen LogP contribution in [0.2, 0.25) is 0 Å². The van der Waals surface area contributed by atoms with Crippen molar-refractivity contribution in [2.24, 2.45) is 16.1 Å². The topological polar surface area (TPSA) is 302 Å². The molecule has 6 unspecified atom stereocenters. The van der Waals surface area contributed by atoms with Crippen molar-refractivity contribution < 1.29 is 62.0 Å². The summed E-state index contributed by atoms with van der Waals surface area (Å²) < 4.78 is 26.9. The number of amides is 5. The van der Waals surface area contributed by atoms with Crippen LogP contribution in [-0.2, 0) is 39.8 Å². The Morgan fingerprint density at radius 2 is 1.26 bits per heavy atom. The van der Waals surface area contributed by atoms with Gasteiger partial charge in [-0.05, 0) is 139 Å². The third-order valence-corrected chi connectivity index (χ3v) is 11.9. The van der Waals surface area contributed by atoms with Crippen molar-refractivity contribution in [3.63, 3.8) is 0 Å². The maximum atomic E-state index is 12.3. The number of nitrogens with zero attached hydrogens (tertiary/aromatic N) is 8. The molecule has 0 aromatic heterocycles. The molecule has 24 nitrogen and oxygen atoms in total. The standard InChI is InChI=1S/C21H28N4O4.C11H12N4O2.C9H15N3O3.C9H15NO3/c1-12-15(10-24(12)20(27)29-21(3,4)5)8-14-6-7-17-16(9-14)25-13(2)19(26)23-22-18(25)11-28-17;1-6-11(16)14-13-10-5-17-9-3-2-7(12)4-8(9)15(6)10;1-6(7(13)5-11-10)12-8(14)15-9(2,3)4;1-6-7(11)5-10(6)8(12)13-9(2,3)4/h6-7,9,12-13,15H,8,10-11H2,1-5H3,(H,23,26);2-4,6H,5,12H2,1H3,(H,14,16);5-6H,1-4H3,(H,12,14);6H,5H2,1-4H3. The number of carbonyl (C=O) groups excluding carboxylic acids is 7. The highest BCUT2D eigenvalue weighted by Crippen LogP contribution is 2.38. The maximum Gasteiger partial charge on any atom is 0.411 e. The first-order valence-corrected chi connectivity index (χ1v) is 24.2. The summed E-state index contributed by atoms with van der Waals surface area (Å²) in [4.78, 5) is 90.0. The highest BCUT2D eigenvalue weighted by molar-refractivity contribution is 6.28. The largest absolute Gasteiger partial charge is 0.483 e. The molecule has 6 aliphatic rings. The van der Waals surface area contributed by atoms with Crippen molar-refractivity contribution in [3.8, 4) is 11.5 Å². The molecule has 0 aliphatic carbocycles. The minimum absolute atomic E-state index is 0.0888. The Morgan fingerprint density at radius 1 is 0.770 bits per heavy atom. The molecule has 74 heavy (non-hydrogen) atoms. The minimum atomic E-state index is -0.782. The number of alkyl carbamates (subject to hydrolysis) is 1. The molecule has 6 atom stereocenters. The number of hydrogen-bond donors (Lipinski definition) is 4. The number of ketones is 2. The van der Waals surface area contributed by atoms with Gasteiger partial charge in [0.15, 0.2) is 17.5 Å². The van der Waals surface area contributed by atoms with Crippen LogP contribution in [0.4, 0.5) is 31.4 Å². The van der Waals surface area contributed by atoms with E-state index in [-0.39, 0.29) is 54.4 Å². The Bertz CT molecular complexity index is 2610. The average Bonchev–Trinajstić information content (AvgIpc) is 3.29. The first kappa shape index (κ1) is 57.2. The van der Waals surface area contributed by atoms with Crippen LogP contribution in [0.15, 0.2) is 46.6 Å². The van der Waals surface area contributed by atoms with Gasteiger partial charge in [0.1, 0.15) is 53.6 Å². The van der Waals surface area contributed by atoms with Gasteiger partial charge in [0.2, 0.25) is 0 Å². The second-order valence-corrected chi connectivity index (χ2v) is 21.3. The molecule has 8 rings (SSSR count). The van der Waals surface area contributed by atoms with E-state index >= 15 is 0 Å². The third-order valence-electron chi connectivity index (χ3n) is 11.9. The van der Waals surface area contributed by atoms with Gasteiger partial charge < -0.3 is 55.0 Å². The minimum Gasteiger partial charge on any atom is -0.483 e. The fraction of sp³-hybridized carbons (Fsp3) is 0.560. The number of nitrogens with two attached hydrogens (primary N) is 1. The number of fused-ring (bicyclic) bond motifs is 6. The summed E-state index contributed by atoms with van der Waals surface area (Å²) in [6.07, 6.45) is 0.222. The van der Waals surface area contributed by atoms with E-state index in [0.717, 1.165) is 41.1 Å². The Hall–Kier alpha value is -7.75. The lowest BCUT2D eigenvalue weighted by molar-refractivity contribution is -0.134. The summed E-state index contributed by atoms with van der Waals surface area (Å²) in [5.41, 5.74) is 20.7. The van der Waals surface area contributed by atoms with Gasteiger partial charge in [-0.1, -0.05) is 6.07 Å². The number of ether oxygens (including phenoxy) is 5. The molecule has 2 aromatic rings. The number of Topliss-reactive ketones (excluding diaryl/α,β-unsaturated/α-hetero) is 2. The number of anilines is 3. The van der Waals surface area contributed by atoms with E-state index in [0.29, 0.717) is 43.0 Å². The van der Waals surface area contributed by atoms with Crippen LogP contribution in [0.5, 0.6) is 11.5 Å². The molecule has 0 saturated carbocycles. The average molecular weight is 1030 g/mol. The van der Waals surface area contributed by atoms with Gasteiger partial charge >= 0.3 is 24.5 Å². The highest BCUT2D eigenvalue weighted by Gasteiger charge is 2.42. The fourth-order valence-corrected chi connectivity index (χ4v) is 7.80. The molecular weight excluding hydrogens is 961 g/mol. The maximum absolute atomic E-state index is 12.3. The van der Waals surface area contributed by atoms with Gasteiger partial charge in [0.25, 0.3) is 17.6 Å². The van der Waals surface area contributed by atoms with Gasteiger partial charge in [-0.25, -0.2) is 25.2 Å². The predicted octanol–water partition coefficient (Wildman–Crippen LogP) is 4.78. The van der Waals surface area contributed by atoms with Gasteiger partial charge in [-0.15, -0.1) is 0 Å². The Balaban J connectivity index is 0.000000194. The lowest BCUT2D eigenvalue weighted by Gasteiger charge is -2.46. The zero-order valence-electron chi connectivity index (χ0n) is 44.6. The van der Waals surface area contributed by atoms with Crippen molar-refractivity contribution in [3.05, 3.63) is 47.5 Å². The Kier molecular flexibility index (Phi) is 17.8. The molecule has 5 amide bonds. The molecule has 0 radical (unpaired) electrons. The van der Waals surface area contributed by atoms with Gasteiger partial charge in [0.05, 0.1) is 30.0 Å². The lowest BCUT2D eigenvalue weighted by atomic mass is 9.84. The van der Waals surface area contributed by atoms with Crippen LogP contribution in [0.25, 0.3) is 5.53 Å². The molecule has 6 aliphatic heterocycles. The fourth-order valence-electron chi connectivity index (χ4n) is 7.80. The van der Waals surface area contributed by atoms with E-state index < -0.39 is 40.8 Å². The molecule has 2 aromatic carbocycles. The molecule has 2 saturated heterocycles. The SMILES string of the molecule is CC(NC(=O)OC(C)(C)C)C(=O)C=[N+]=[N-].CC1C(=O)CN1C(=O)OC(C)(C)C.CC1C(=O)NN=C2COc3ccc(N)cc3N21.CC1C(Cc2ccc3c(c2)N2C(=NNC(=O)C2C)CO3)CN1C(=O)OC(C)(C)C. The number of nitrogens with one attached hydrogen (secondary N) is 3. The molecule has 402 valence electrons. The van der Waals surface area contributed by atoms with E-state index in [1.54, 1.807) is 71.6 Å². The normalized spacial score (nSPS) is 21.6. The molecule has 5 N–H and O–H groups in total. The summed E-state index contributed by atoms with van der Waals surface area (Å²) in [5, 5.41) is 10.4. The molecule has 0 bridgehead atoms. The van der Waals surface area contributed by atoms with Crippen LogP contribution < -0.4 is 41.2 Å². The lowest BCUT2D eigenvalue weighted by Crippen LogP contribution is -2.58. The van der Waals surface area contributed by atoms with Crippen molar-refractivity contribution >= 4 is 76.6 Å². The zero-order valence-corrected chi connectivity index (χ0v) is 44.6. The van der Waals surface area contributed by atoms with Crippen molar-refractivity contribution in [2.45, 2.75) is 150 Å². The van der Waals surface area contributed by atoms with Gasteiger partial charge in [0, 0.05) is 24.2 Å². The summed E-state index contributed by atoms with van der Waals surface area (Å²) in [6, 6.07) is 9.82. The third kappa shape index (κ3) is 14.7. The van der Waals surface area contributed by atoms with Crippen LogP contribution >= 0.6 is 0 Å². The Morgan fingerprint density at radius 3 is 1.72 bits per heavy atom. The molecule has 24 heteroatoms. The van der Waals surface area contributed by atoms with Crippen molar-refractivity contribution in [1.82, 2.24) is 26.0 Å². The highest BCUT2D eigenvalue weighted by atomic mass is 16.6. The number of hydrazone groups is 2. The first-order chi connectivity index (χ1) is 34.4. The monoisotopic (exact) mass is 1030 g/mol. The van der Waals surface area contributed by atoms with Gasteiger partial charge in [-0.3, -0.25) is 24.1 Å². The molecule has 6 heterocycles. The van der Waals surface area contributed by atoms with E-state index in [2.05, 4.69) is 50.2 Å². The summed E-state index contributed by atoms with van der Waals surface area (Å²) in [7, 11) is 0. The van der Waals surface area contributed by atoms with Crippen LogP contribution in [0.3, 0.4) is 0 Å². The Labute approximate surface area is 430 Å². The summed E-state index contributed by atoms with van der Waals surface area (Å²) in [5.74, 6) is 2.54. The summed E-state index contributed by atoms with van der Waals surface area (Å²) in [6.45, 7) is 26.6. The predicted molar refractivity (Wildman–Crippen MR) is 274 cm³/mol. The van der Waals surface area contributed by atoms with Crippen LogP contribution in [0.1, 0.15) is 102 Å². The van der Waals surface area contributed by atoms with Crippen molar-refractivity contribution in [2.75, 3.05) is 41.8 Å². The molecule has 0 spiro atoms. The first-order valence-electron chi connectivity index (χ1n) is 24.2. The zero-order chi connectivity index (χ0) is 55.2. The van der Waals surface area contributed by atoms with E-state index in [1.807, 2.05) is 50.5 Å². The second-order valence-electron chi connectivity index (χ2n) is 21.3. The van der Waals surface area contributed by atoms with E-state index in [1.165, 1.54) is 11.8 Å². The second kappa shape index (κ2) is 23.0. The number of amidine groups is 2. The number of hydrogen-bond acceptors (Lipinski definition) is 17. The molecular formula is C50H70N12O12. The van der Waals surface area contributed by atoms with Crippen LogP contribution in [0, 0.1) is 5.92 Å². The van der Waals surface area contributed by atoms with E-state index in [9.17, 15) is 33.6 Å². The molecule has 2 fully saturated rings. The number of benzene rings is 2. The van der Waals surface area contributed by atoms with Crippen molar-refractivity contribution in [1.29, 1.82) is 0 Å². The van der Waals surface area contributed by atoms with Gasteiger partial charge in [-0.2, -0.15) is 15.0 Å².